The lowest BCUT2D eigenvalue weighted by molar-refractivity contribution is -0.0803. The van der Waals surface area contributed by atoms with Gasteiger partial charge in [-0.2, -0.15) is 0 Å². The molecule has 2 heterocycles. The Hall–Kier alpha value is -1.95. The summed E-state index contributed by atoms with van der Waals surface area (Å²) >= 11 is 0. The molecule has 0 aromatic carbocycles. The number of aliphatic hydroxyl groups excluding tert-OH is 2. The van der Waals surface area contributed by atoms with Crippen LogP contribution < -0.4 is 11.2 Å². The summed E-state index contributed by atoms with van der Waals surface area (Å²) in [5.41, 5.74) is -4.30. The maximum atomic E-state index is 14.7. The van der Waals surface area contributed by atoms with E-state index in [0.29, 0.717) is 0 Å². The second-order valence-electron chi connectivity index (χ2n) is 4.57. The summed E-state index contributed by atoms with van der Waals surface area (Å²) < 4.78 is 20.6. The van der Waals surface area contributed by atoms with Gasteiger partial charge in [-0.15, -0.1) is 6.42 Å². The quantitative estimate of drug-likeness (QED) is 0.574. The summed E-state index contributed by atoms with van der Waals surface area (Å²) in [4.78, 5) is 24.6. The number of terminal acetylenes is 1. The van der Waals surface area contributed by atoms with Crippen molar-refractivity contribution >= 4 is 0 Å². The van der Waals surface area contributed by atoms with Gasteiger partial charge in [-0.1, -0.05) is 5.92 Å². The average Bonchev–Trinajstić information content (AvgIpc) is 2.64. The van der Waals surface area contributed by atoms with Gasteiger partial charge >= 0.3 is 5.69 Å². The van der Waals surface area contributed by atoms with Gasteiger partial charge in [-0.25, -0.2) is 9.18 Å². The van der Waals surface area contributed by atoms with E-state index >= 15 is 0 Å². The number of hydrogen-bond acceptors (Lipinski definition) is 5. The van der Waals surface area contributed by atoms with E-state index in [1.165, 1.54) is 6.92 Å². The van der Waals surface area contributed by atoms with E-state index in [0.717, 1.165) is 16.8 Å². The van der Waals surface area contributed by atoms with Gasteiger partial charge in [0.1, 0.15) is 12.2 Å². The van der Waals surface area contributed by atoms with E-state index in [4.69, 9.17) is 11.2 Å². The first kappa shape index (κ1) is 14.5. The fraction of sp³-hybridized carbons (Fsp3) is 0.500. The van der Waals surface area contributed by atoms with E-state index in [1.807, 2.05) is 4.98 Å². The van der Waals surface area contributed by atoms with Gasteiger partial charge in [-0.05, 0) is 6.92 Å². The molecule has 0 radical (unpaired) electrons. The van der Waals surface area contributed by atoms with E-state index in [-0.39, 0.29) is 0 Å². The second-order valence-corrected chi connectivity index (χ2v) is 4.57. The molecule has 20 heavy (non-hydrogen) atoms. The number of halogens is 1. The Labute approximate surface area is 112 Å². The summed E-state index contributed by atoms with van der Waals surface area (Å²) in [5.74, 6) is 1.76. The normalized spacial score (nSPS) is 34.6. The fourth-order valence-electron chi connectivity index (χ4n) is 2.12. The van der Waals surface area contributed by atoms with Crippen molar-refractivity contribution in [2.75, 3.05) is 0 Å². The highest BCUT2D eigenvalue weighted by atomic mass is 19.1. The Kier molecular flexibility index (Phi) is 3.52. The Bertz CT molecular complexity index is 661. The third-order valence-electron chi connectivity index (χ3n) is 3.19. The van der Waals surface area contributed by atoms with Crippen LogP contribution in [-0.4, -0.2) is 43.7 Å². The number of ether oxygens (including phenoxy) is 1. The molecule has 1 aliphatic heterocycles. The van der Waals surface area contributed by atoms with E-state index in [1.54, 1.807) is 5.92 Å². The molecule has 108 valence electrons. The van der Waals surface area contributed by atoms with Crippen molar-refractivity contribution in [2.24, 2.45) is 0 Å². The summed E-state index contributed by atoms with van der Waals surface area (Å²) in [6.07, 6.45) is 0.158. The lowest BCUT2D eigenvalue weighted by atomic mass is 9.95. The first-order valence-corrected chi connectivity index (χ1v) is 5.81. The van der Waals surface area contributed by atoms with Crippen LogP contribution in [0.2, 0.25) is 0 Å². The van der Waals surface area contributed by atoms with Crippen LogP contribution in [-0.2, 0) is 4.74 Å². The van der Waals surface area contributed by atoms with Crippen LogP contribution in [0.5, 0.6) is 0 Å². The van der Waals surface area contributed by atoms with Crippen molar-refractivity contribution in [3.05, 3.63) is 33.1 Å². The van der Waals surface area contributed by atoms with Gasteiger partial charge in [0.2, 0.25) is 5.67 Å². The van der Waals surface area contributed by atoms with Gasteiger partial charge in [-0.3, -0.25) is 14.3 Å². The van der Waals surface area contributed by atoms with Crippen molar-refractivity contribution in [3.8, 4) is 12.3 Å². The van der Waals surface area contributed by atoms with Crippen molar-refractivity contribution in [1.29, 1.82) is 0 Å². The highest BCUT2D eigenvalue weighted by molar-refractivity contribution is 5.20. The van der Waals surface area contributed by atoms with Crippen molar-refractivity contribution in [2.45, 2.75) is 37.1 Å². The van der Waals surface area contributed by atoms with Crippen LogP contribution in [0.25, 0.3) is 0 Å². The SMILES string of the molecule is C#CC1(F)[C@@H](O)[C@@H]([C@@H](C)O)O[C@H]1n1ccc(=O)[nH]c1=O. The summed E-state index contributed by atoms with van der Waals surface area (Å²) in [6.45, 7) is 1.29. The Morgan fingerprint density at radius 3 is 2.80 bits per heavy atom. The Morgan fingerprint density at radius 1 is 1.65 bits per heavy atom. The summed E-state index contributed by atoms with van der Waals surface area (Å²) in [6, 6.07) is 0.990. The van der Waals surface area contributed by atoms with Gasteiger partial charge in [0.25, 0.3) is 5.56 Å². The van der Waals surface area contributed by atoms with Crippen molar-refractivity contribution in [3.63, 3.8) is 0 Å². The first-order valence-electron chi connectivity index (χ1n) is 5.81. The molecule has 5 atom stereocenters. The molecule has 1 aromatic heterocycles. The van der Waals surface area contributed by atoms with Crippen LogP contribution in [0, 0.1) is 12.3 Å². The predicted molar refractivity (Wildman–Crippen MR) is 65.6 cm³/mol. The fourth-order valence-corrected chi connectivity index (χ4v) is 2.12. The Balaban J connectivity index is 2.53. The van der Waals surface area contributed by atoms with E-state index in [2.05, 4.69) is 0 Å². The summed E-state index contributed by atoms with van der Waals surface area (Å²) in [5, 5.41) is 19.3. The minimum absolute atomic E-state index is 0.665. The number of aromatic amines is 1. The van der Waals surface area contributed by atoms with Gasteiger partial charge in [0.15, 0.2) is 6.23 Å². The smallest absolute Gasteiger partial charge is 0.330 e. The minimum atomic E-state index is -2.70. The van der Waals surface area contributed by atoms with Gasteiger partial charge < -0.3 is 14.9 Å². The van der Waals surface area contributed by atoms with Crippen LogP contribution in [0.15, 0.2) is 21.9 Å². The number of nitrogens with zero attached hydrogens (tertiary/aromatic N) is 1. The minimum Gasteiger partial charge on any atom is -0.391 e. The number of nitrogens with one attached hydrogen (secondary N) is 1. The molecule has 3 N–H and O–H groups in total. The highest BCUT2D eigenvalue weighted by Gasteiger charge is 2.58. The molecule has 0 bridgehead atoms. The molecule has 2 rings (SSSR count). The Morgan fingerprint density at radius 2 is 2.30 bits per heavy atom. The number of alkyl halides is 1. The maximum absolute atomic E-state index is 14.7. The number of hydrogen-bond donors (Lipinski definition) is 3. The number of aliphatic hydroxyl groups is 2. The number of aromatic nitrogens is 2. The zero-order valence-corrected chi connectivity index (χ0v) is 10.5. The van der Waals surface area contributed by atoms with Crippen LogP contribution in [0.4, 0.5) is 4.39 Å². The van der Waals surface area contributed by atoms with Gasteiger partial charge in [0, 0.05) is 12.3 Å². The highest BCUT2D eigenvalue weighted by Crippen LogP contribution is 2.41. The lowest BCUT2D eigenvalue weighted by Crippen LogP contribution is -2.45. The monoisotopic (exact) mass is 284 g/mol. The topological polar surface area (TPSA) is 105 Å². The third-order valence-corrected chi connectivity index (χ3v) is 3.19. The molecule has 7 nitrogen and oxygen atoms in total. The van der Waals surface area contributed by atoms with Crippen LogP contribution in [0.1, 0.15) is 13.2 Å². The van der Waals surface area contributed by atoms with E-state index in [9.17, 15) is 24.2 Å². The number of H-pyrrole nitrogens is 1. The average molecular weight is 284 g/mol. The van der Waals surface area contributed by atoms with E-state index < -0.39 is 41.5 Å². The standard InChI is InChI=1S/C12H13FN2O5/c1-3-12(13)9(18)8(6(2)16)20-10(12)15-5-4-7(17)14-11(15)19/h1,4-6,8-10,16,18H,2H3,(H,14,17,19)/t6-,8-,9+,10-,12?/m1/s1. The van der Waals surface area contributed by atoms with Crippen molar-refractivity contribution in [1.82, 2.24) is 9.55 Å². The zero-order valence-electron chi connectivity index (χ0n) is 10.5. The molecule has 0 aliphatic carbocycles. The largest absolute Gasteiger partial charge is 0.391 e. The predicted octanol–water partition coefficient (Wildman–Crippen LogP) is -1.48. The number of rotatable bonds is 2. The molecule has 1 saturated heterocycles. The molecule has 1 aromatic rings. The van der Waals surface area contributed by atoms with Gasteiger partial charge in [0.05, 0.1) is 6.10 Å². The molecular formula is C12H13FN2O5. The molecule has 1 unspecified atom stereocenters. The molecule has 0 saturated carbocycles. The van der Waals surface area contributed by atoms with Crippen LogP contribution >= 0.6 is 0 Å². The van der Waals surface area contributed by atoms with Crippen LogP contribution in [0.3, 0.4) is 0 Å². The molecule has 8 heteroatoms. The molecule has 0 spiro atoms. The molecule has 0 amide bonds. The summed E-state index contributed by atoms with van der Waals surface area (Å²) in [7, 11) is 0. The zero-order chi connectivity index (χ0) is 15.1. The third kappa shape index (κ3) is 2.06. The second kappa shape index (κ2) is 4.86. The molecular weight excluding hydrogens is 271 g/mol. The van der Waals surface area contributed by atoms with Crippen molar-refractivity contribution < 1.29 is 19.3 Å². The molecule has 1 fully saturated rings. The molecule has 1 aliphatic rings. The maximum Gasteiger partial charge on any atom is 0.330 e. The first-order chi connectivity index (χ1) is 9.31. The lowest BCUT2D eigenvalue weighted by Gasteiger charge is -2.23.